The lowest BCUT2D eigenvalue weighted by molar-refractivity contribution is -0.138. The summed E-state index contributed by atoms with van der Waals surface area (Å²) in [5, 5.41) is 14.5. The van der Waals surface area contributed by atoms with Crippen LogP contribution in [0.15, 0.2) is 24.3 Å². The van der Waals surface area contributed by atoms with E-state index >= 15 is 0 Å². The fraction of sp³-hybridized carbons (Fsp3) is 0.471. The van der Waals surface area contributed by atoms with Crippen LogP contribution in [-0.4, -0.2) is 29.4 Å². The standard InChI is InChI=1S/C17H24N2O4/c1-3-10-18-15(20)8-9-16(21)19-14(11-17(22)23)13-7-5-4-6-12(13)2/h4-7,14H,3,8-11H2,1-2H3,(H,18,20)(H,19,21)(H,22,23). The Hall–Kier alpha value is -2.37. The molecule has 126 valence electrons. The molecule has 23 heavy (non-hydrogen) atoms. The summed E-state index contributed by atoms with van der Waals surface area (Å²) < 4.78 is 0. The van der Waals surface area contributed by atoms with Gasteiger partial charge in [-0.3, -0.25) is 14.4 Å². The van der Waals surface area contributed by atoms with Gasteiger partial charge in [-0.1, -0.05) is 31.2 Å². The summed E-state index contributed by atoms with van der Waals surface area (Å²) in [7, 11) is 0. The molecule has 1 aromatic rings. The van der Waals surface area contributed by atoms with Crippen LogP contribution in [0.4, 0.5) is 0 Å². The summed E-state index contributed by atoms with van der Waals surface area (Å²) in [6.07, 6.45) is 0.779. The highest BCUT2D eigenvalue weighted by Gasteiger charge is 2.19. The minimum atomic E-state index is -0.987. The molecule has 0 heterocycles. The monoisotopic (exact) mass is 320 g/mol. The molecule has 1 aromatic carbocycles. The minimum absolute atomic E-state index is 0.0392. The molecule has 1 rings (SSSR count). The predicted molar refractivity (Wildman–Crippen MR) is 86.9 cm³/mol. The second kappa shape index (κ2) is 9.61. The highest BCUT2D eigenvalue weighted by atomic mass is 16.4. The first-order valence-electron chi connectivity index (χ1n) is 7.77. The lowest BCUT2D eigenvalue weighted by Gasteiger charge is -2.19. The summed E-state index contributed by atoms with van der Waals surface area (Å²) in [5.74, 6) is -1.49. The average molecular weight is 320 g/mol. The Balaban J connectivity index is 2.64. The number of amides is 2. The number of carbonyl (C=O) groups excluding carboxylic acids is 2. The average Bonchev–Trinajstić information content (AvgIpc) is 2.50. The topological polar surface area (TPSA) is 95.5 Å². The molecule has 1 unspecified atom stereocenters. The Kier molecular flexibility index (Phi) is 7.80. The van der Waals surface area contributed by atoms with Gasteiger partial charge in [-0.2, -0.15) is 0 Å². The molecule has 6 nitrogen and oxygen atoms in total. The van der Waals surface area contributed by atoms with Gasteiger partial charge in [-0.05, 0) is 24.5 Å². The number of nitrogens with one attached hydrogen (secondary N) is 2. The van der Waals surface area contributed by atoms with Crippen molar-refractivity contribution in [2.24, 2.45) is 0 Å². The molecule has 0 radical (unpaired) electrons. The first-order valence-corrected chi connectivity index (χ1v) is 7.77. The molecular formula is C17H24N2O4. The molecule has 0 aromatic heterocycles. The van der Waals surface area contributed by atoms with Crippen molar-refractivity contribution in [1.29, 1.82) is 0 Å². The first-order chi connectivity index (χ1) is 10.9. The largest absolute Gasteiger partial charge is 0.481 e. The van der Waals surface area contributed by atoms with E-state index in [-0.39, 0.29) is 31.1 Å². The van der Waals surface area contributed by atoms with Crippen molar-refractivity contribution < 1.29 is 19.5 Å². The van der Waals surface area contributed by atoms with E-state index < -0.39 is 12.0 Å². The van der Waals surface area contributed by atoms with Gasteiger partial charge >= 0.3 is 5.97 Å². The summed E-state index contributed by atoms with van der Waals surface area (Å²) in [5.41, 5.74) is 1.69. The van der Waals surface area contributed by atoms with E-state index in [9.17, 15) is 14.4 Å². The van der Waals surface area contributed by atoms with Crippen LogP contribution < -0.4 is 10.6 Å². The van der Waals surface area contributed by atoms with E-state index in [1.54, 1.807) is 6.07 Å². The molecule has 0 aliphatic heterocycles. The van der Waals surface area contributed by atoms with E-state index in [1.165, 1.54) is 0 Å². The molecule has 0 saturated heterocycles. The zero-order chi connectivity index (χ0) is 17.2. The van der Waals surface area contributed by atoms with E-state index in [0.717, 1.165) is 17.5 Å². The summed E-state index contributed by atoms with van der Waals surface area (Å²) in [6.45, 7) is 4.41. The van der Waals surface area contributed by atoms with E-state index in [0.29, 0.717) is 6.54 Å². The number of hydrogen-bond donors (Lipinski definition) is 3. The van der Waals surface area contributed by atoms with Crippen LogP contribution in [0, 0.1) is 6.92 Å². The number of hydrogen-bond acceptors (Lipinski definition) is 3. The molecule has 6 heteroatoms. The molecule has 0 aliphatic carbocycles. The van der Waals surface area contributed by atoms with Gasteiger partial charge in [0.25, 0.3) is 0 Å². The zero-order valence-electron chi connectivity index (χ0n) is 13.6. The highest BCUT2D eigenvalue weighted by Crippen LogP contribution is 2.20. The molecule has 0 fully saturated rings. The molecule has 2 amide bonds. The molecule has 0 aliphatic rings. The van der Waals surface area contributed by atoms with Crippen LogP contribution in [0.25, 0.3) is 0 Å². The van der Waals surface area contributed by atoms with Gasteiger partial charge in [-0.15, -0.1) is 0 Å². The number of aliphatic carboxylic acids is 1. The predicted octanol–water partition coefficient (Wildman–Crippen LogP) is 1.93. The van der Waals surface area contributed by atoms with Crippen LogP contribution in [0.2, 0.25) is 0 Å². The fourth-order valence-electron chi connectivity index (χ4n) is 2.24. The molecule has 1 atom stereocenters. The summed E-state index contributed by atoms with van der Waals surface area (Å²) >= 11 is 0. The molecule has 3 N–H and O–H groups in total. The second-order valence-electron chi connectivity index (χ2n) is 5.42. The highest BCUT2D eigenvalue weighted by molar-refractivity contribution is 5.84. The van der Waals surface area contributed by atoms with Crippen LogP contribution in [0.1, 0.15) is 49.8 Å². The maximum Gasteiger partial charge on any atom is 0.305 e. The van der Waals surface area contributed by atoms with Gasteiger partial charge in [0.15, 0.2) is 0 Å². The third kappa shape index (κ3) is 6.95. The number of benzene rings is 1. The quantitative estimate of drug-likeness (QED) is 0.648. The third-order valence-electron chi connectivity index (χ3n) is 3.43. The van der Waals surface area contributed by atoms with Crippen molar-refractivity contribution in [1.82, 2.24) is 10.6 Å². The Labute approximate surface area is 136 Å². The number of aryl methyl sites for hydroxylation is 1. The van der Waals surface area contributed by atoms with Crippen molar-refractivity contribution >= 4 is 17.8 Å². The van der Waals surface area contributed by atoms with Gasteiger partial charge in [0.05, 0.1) is 12.5 Å². The van der Waals surface area contributed by atoms with Crippen LogP contribution in [0.3, 0.4) is 0 Å². The number of carboxylic acid groups (broad SMARTS) is 1. The Morgan fingerprint density at radius 3 is 2.39 bits per heavy atom. The lowest BCUT2D eigenvalue weighted by atomic mass is 9.98. The lowest BCUT2D eigenvalue weighted by Crippen LogP contribution is -2.32. The van der Waals surface area contributed by atoms with Gasteiger partial charge in [0.2, 0.25) is 11.8 Å². The molecular weight excluding hydrogens is 296 g/mol. The molecule has 0 spiro atoms. The first kappa shape index (κ1) is 18.7. The van der Waals surface area contributed by atoms with Crippen molar-refractivity contribution in [3.63, 3.8) is 0 Å². The Morgan fingerprint density at radius 1 is 1.13 bits per heavy atom. The maximum absolute atomic E-state index is 12.0. The van der Waals surface area contributed by atoms with Crippen molar-refractivity contribution in [2.75, 3.05) is 6.54 Å². The molecule has 0 bridgehead atoms. The summed E-state index contributed by atoms with van der Waals surface area (Å²) in [4.78, 5) is 34.6. The smallest absolute Gasteiger partial charge is 0.305 e. The SMILES string of the molecule is CCCNC(=O)CCC(=O)NC(CC(=O)O)c1ccccc1C. The second-order valence-corrected chi connectivity index (χ2v) is 5.42. The van der Waals surface area contributed by atoms with Crippen LogP contribution in [-0.2, 0) is 14.4 Å². The van der Waals surface area contributed by atoms with Gasteiger partial charge in [-0.25, -0.2) is 0 Å². The van der Waals surface area contributed by atoms with Crippen molar-refractivity contribution in [3.05, 3.63) is 35.4 Å². The minimum Gasteiger partial charge on any atom is -0.481 e. The van der Waals surface area contributed by atoms with Gasteiger partial charge in [0, 0.05) is 19.4 Å². The third-order valence-corrected chi connectivity index (χ3v) is 3.43. The Bertz CT molecular complexity index is 557. The fourth-order valence-corrected chi connectivity index (χ4v) is 2.24. The molecule has 0 saturated carbocycles. The van der Waals surface area contributed by atoms with E-state index in [4.69, 9.17) is 5.11 Å². The number of carboxylic acids is 1. The maximum atomic E-state index is 12.0. The summed E-state index contributed by atoms with van der Waals surface area (Å²) in [6, 6.07) is 6.74. The Morgan fingerprint density at radius 2 is 1.78 bits per heavy atom. The van der Waals surface area contributed by atoms with E-state index in [2.05, 4.69) is 10.6 Å². The zero-order valence-corrected chi connectivity index (χ0v) is 13.6. The van der Waals surface area contributed by atoms with Crippen LogP contribution >= 0.6 is 0 Å². The normalized spacial score (nSPS) is 11.6. The van der Waals surface area contributed by atoms with Crippen molar-refractivity contribution in [3.8, 4) is 0 Å². The van der Waals surface area contributed by atoms with Gasteiger partial charge in [0.1, 0.15) is 0 Å². The van der Waals surface area contributed by atoms with E-state index in [1.807, 2.05) is 32.0 Å². The number of rotatable bonds is 9. The van der Waals surface area contributed by atoms with Gasteiger partial charge < -0.3 is 15.7 Å². The number of carbonyl (C=O) groups is 3. The van der Waals surface area contributed by atoms with Crippen molar-refractivity contribution in [2.45, 2.75) is 45.6 Å². The van der Waals surface area contributed by atoms with Crippen LogP contribution in [0.5, 0.6) is 0 Å².